The molecule has 3 aliphatic rings. The molecule has 6 heteroatoms. The molecule has 2 bridgehead atoms. The number of amides is 1. The molecule has 176 valence electrons. The molecule has 4 aromatic rings. The van der Waals surface area contributed by atoms with E-state index >= 15 is 0 Å². The van der Waals surface area contributed by atoms with E-state index in [1.807, 2.05) is 42.5 Å². The highest BCUT2D eigenvalue weighted by atomic mass is 32.1. The van der Waals surface area contributed by atoms with Gasteiger partial charge in [-0.15, -0.1) is 11.3 Å². The van der Waals surface area contributed by atoms with Crippen molar-refractivity contribution in [3.63, 3.8) is 0 Å². The van der Waals surface area contributed by atoms with Gasteiger partial charge in [-0.25, -0.2) is 0 Å². The predicted molar refractivity (Wildman–Crippen MR) is 137 cm³/mol. The van der Waals surface area contributed by atoms with Crippen molar-refractivity contribution in [2.75, 3.05) is 18.5 Å². The number of thiophene rings is 1. The molecule has 2 saturated carbocycles. The minimum atomic E-state index is -0.284. The average Bonchev–Trinajstić information content (AvgIpc) is 3.65. The predicted octanol–water partition coefficient (Wildman–Crippen LogP) is 6.16. The molecule has 5 nitrogen and oxygen atoms in total. The van der Waals surface area contributed by atoms with E-state index in [4.69, 9.17) is 9.47 Å². The summed E-state index contributed by atoms with van der Waals surface area (Å²) in [4.78, 5) is 20.2. The first kappa shape index (κ1) is 20.9. The maximum absolute atomic E-state index is 14.3. The Morgan fingerprint density at radius 3 is 2.83 bits per heavy atom. The summed E-state index contributed by atoms with van der Waals surface area (Å²) < 4.78 is 12.1. The highest BCUT2D eigenvalue weighted by molar-refractivity contribution is 7.10. The van der Waals surface area contributed by atoms with Gasteiger partial charge in [0.25, 0.3) is 0 Å². The fraction of sp³-hybridized carbons (Fsp3) is 0.310. The lowest BCUT2D eigenvalue weighted by Gasteiger charge is -2.40. The average molecular weight is 483 g/mol. The first-order valence-electron chi connectivity index (χ1n) is 12.3. The zero-order valence-corrected chi connectivity index (χ0v) is 20.1. The summed E-state index contributed by atoms with van der Waals surface area (Å²) in [5, 5.41) is 6.45. The van der Waals surface area contributed by atoms with Crippen molar-refractivity contribution in [1.82, 2.24) is 4.98 Å². The van der Waals surface area contributed by atoms with Crippen molar-refractivity contribution < 1.29 is 14.3 Å². The van der Waals surface area contributed by atoms with E-state index in [-0.39, 0.29) is 23.2 Å². The molecular weight excluding hydrogens is 456 g/mol. The van der Waals surface area contributed by atoms with Crippen LogP contribution in [-0.4, -0.2) is 24.1 Å². The molecule has 2 aromatic heterocycles. The van der Waals surface area contributed by atoms with Gasteiger partial charge in [0.15, 0.2) is 11.5 Å². The quantitative estimate of drug-likeness (QED) is 0.379. The number of hydrogen-bond acceptors (Lipinski definition) is 5. The zero-order valence-electron chi connectivity index (χ0n) is 19.3. The SMILES string of the molecule is O=C(Nc1cccc2cccnc12)C1C(c2cccs2)C2CCC1(c1cccc3c1OCCO3)C2. The van der Waals surface area contributed by atoms with Crippen LogP contribution in [-0.2, 0) is 10.2 Å². The Morgan fingerprint density at radius 1 is 1.03 bits per heavy atom. The van der Waals surface area contributed by atoms with Gasteiger partial charge in [-0.3, -0.25) is 9.78 Å². The third kappa shape index (κ3) is 3.19. The van der Waals surface area contributed by atoms with E-state index in [0.717, 1.165) is 52.9 Å². The lowest BCUT2D eigenvalue weighted by molar-refractivity contribution is -0.122. The fourth-order valence-electron chi connectivity index (χ4n) is 6.90. The van der Waals surface area contributed by atoms with Crippen molar-refractivity contribution in [2.24, 2.45) is 11.8 Å². The Balaban J connectivity index is 1.35. The van der Waals surface area contributed by atoms with Gasteiger partial charge in [-0.2, -0.15) is 0 Å². The lowest BCUT2D eigenvalue weighted by atomic mass is 9.65. The second-order valence-corrected chi connectivity index (χ2v) is 10.9. The Kier molecular flexibility index (Phi) is 4.84. The highest BCUT2D eigenvalue weighted by Crippen LogP contribution is 2.67. The fourth-order valence-corrected chi connectivity index (χ4v) is 7.86. The third-order valence-corrected chi connectivity index (χ3v) is 9.17. The topological polar surface area (TPSA) is 60.5 Å². The smallest absolute Gasteiger partial charge is 0.229 e. The minimum absolute atomic E-state index is 0.0677. The van der Waals surface area contributed by atoms with Crippen LogP contribution in [0.25, 0.3) is 10.9 Å². The number of fused-ring (bicyclic) bond motifs is 4. The molecular formula is C29H26N2O3S. The Morgan fingerprint density at radius 2 is 1.91 bits per heavy atom. The Labute approximate surface area is 208 Å². The minimum Gasteiger partial charge on any atom is -0.486 e. The Hall–Kier alpha value is -3.38. The van der Waals surface area contributed by atoms with Crippen LogP contribution in [0.2, 0.25) is 0 Å². The van der Waals surface area contributed by atoms with Crippen LogP contribution < -0.4 is 14.8 Å². The summed E-state index contributed by atoms with van der Waals surface area (Å²) >= 11 is 1.76. The molecule has 1 amide bonds. The van der Waals surface area contributed by atoms with Gasteiger partial charge in [0.2, 0.25) is 5.91 Å². The molecule has 0 radical (unpaired) electrons. The van der Waals surface area contributed by atoms with Gasteiger partial charge < -0.3 is 14.8 Å². The van der Waals surface area contributed by atoms with Crippen molar-refractivity contribution in [1.29, 1.82) is 0 Å². The molecule has 2 fully saturated rings. The molecule has 4 atom stereocenters. The molecule has 1 N–H and O–H groups in total. The van der Waals surface area contributed by atoms with Crippen LogP contribution in [0.3, 0.4) is 0 Å². The summed E-state index contributed by atoms with van der Waals surface area (Å²) in [6, 6.07) is 20.4. The summed E-state index contributed by atoms with van der Waals surface area (Å²) in [7, 11) is 0. The summed E-state index contributed by atoms with van der Waals surface area (Å²) in [5.74, 6) is 2.15. The van der Waals surface area contributed by atoms with E-state index in [0.29, 0.717) is 19.1 Å². The molecule has 3 heterocycles. The van der Waals surface area contributed by atoms with E-state index in [9.17, 15) is 4.79 Å². The van der Waals surface area contributed by atoms with Crippen molar-refractivity contribution in [3.05, 3.63) is 82.7 Å². The van der Waals surface area contributed by atoms with Gasteiger partial charge in [0.1, 0.15) is 13.2 Å². The van der Waals surface area contributed by atoms with Gasteiger partial charge in [-0.05, 0) is 54.8 Å². The maximum Gasteiger partial charge on any atom is 0.229 e. The number of hydrogen-bond donors (Lipinski definition) is 1. The highest BCUT2D eigenvalue weighted by Gasteiger charge is 2.62. The first-order valence-corrected chi connectivity index (χ1v) is 13.2. The van der Waals surface area contributed by atoms with E-state index in [1.54, 1.807) is 17.5 Å². The normalized spacial score (nSPS) is 26.7. The van der Waals surface area contributed by atoms with E-state index in [1.165, 1.54) is 4.88 Å². The van der Waals surface area contributed by atoms with Gasteiger partial charge >= 0.3 is 0 Å². The molecule has 1 aliphatic heterocycles. The Bertz CT molecular complexity index is 1410. The van der Waals surface area contributed by atoms with E-state index < -0.39 is 0 Å². The molecule has 7 rings (SSSR count). The number of rotatable bonds is 4. The standard InChI is InChI=1S/C29H26N2O3S/c32-28(31-21-8-1-5-18-6-3-13-30-26(18)21)25-24(23-10-4-16-35-23)19-11-12-29(25,17-19)20-7-2-9-22-27(20)34-15-14-33-22/h1-10,13,16,19,24-25H,11-12,14-15,17H2,(H,31,32). The van der Waals surface area contributed by atoms with Crippen LogP contribution in [0.1, 0.15) is 35.6 Å². The molecule has 35 heavy (non-hydrogen) atoms. The van der Waals surface area contributed by atoms with Gasteiger partial charge in [0, 0.05) is 33.4 Å². The molecule has 2 aromatic carbocycles. The van der Waals surface area contributed by atoms with Crippen LogP contribution in [0.5, 0.6) is 11.5 Å². The molecule has 2 aliphatic carbocycles. The number of pyridine rings is 1. The van der Waals surface area contributed by atoms with Crippen molar-refractivity contribution in [3.8, 4) is 11.5 Å². The summed E-state index contributed by atoms with van der Waals surface area (Å²) in [6.07, 6.45) is 4.86. The maximum atomic E-state index is 14.3. The number of carbonyl (C=O) groups excluding carboxylic acids is 1. The van der Waals surface area contributed by atoms with Gasteiger partial charge in [0.05, 0.1) is 17.1 Å². The number of para-hydroxylation sites is 2. The number of nitrogens with one attached hydrogen (secondary N) is 1. The first-order chi connectivity index (χ1) is 17.2. The number of aromatic nitrogens is 1. The van der Waals surface area contributed by atoms with Crippen LogP contribution in [0.4, 0.5) is 5.69 Å². The lowest BCUT2D eigenvalue weighted by Crippen LogP contribution is -2.42. The number of nitrogens with zero attached hydrogens (tertiary/aromatic N) is 1. The number of benzene rings is 2. The van der Waals surface area contributed by atoms with Crippen LogP contribution in [0, 0.1) is 11.8 Å². The van der Waals surface area contributed by atoms with Crippen molar-refractivity contribution in [2.45, 2.75) is 30.6 Å². The number of ether oxygens (including phenoxy) is 2. The summed E-state index contributed by atoms with van der Waals surface area (Å²) in [5.41, 5.74) is 2.44. The number of anilines is 1. The second-order valence-electron chi connectivity index (χ2n) is 9.88. The molecule has 0 spiro atoms. The van der Waals surface area contributed by atoms with Crippen LogP contribution in [0.15, 0.2) is 72.2 Å². The summed E-state index contributed by atoms with van der Waals surface area (Å²) in [6.45, 7) is 1.10. The van der Waals surface area contributed by atoms with Crippen molar-refractivity contribution >= 4 is 33.8 Å². The monoisotopic (exact) mass is 482 g/mol. The zero-order chi connectivity index (χ0) is 23.4. The van der Waals surface area contributed by atoms with E-state index in [2.05, 4.69) is 33.9 Å². The third-order valence-electron chi connectivity index (χ3n) is 8.20. The number of carbonyl (C=O) groups is 1. The molecule has 0 saturated heterocycles. The van der Waals surface area contributed by atoms with Crippen LogP contribution >= 0.6 is 11.3 Å². The largest absolute Gasteiger partial charge is 0.486 e. The van der Waals surface area contributed by atoms with Gasteiger partial charge in [-0.1, -0.05) is 36.4 Å². The second kappa shape index (κ2) is 8.09. The molecule has 4 unspecified atom stereocenters.